The highest BCUT2D eigenvalue weighted by Gasteiger charge is 2.46. The molecule has 76 heavy (non-hydrogen) atoms. The number of likely N-dealkylation sites (tertiary alicyclic amines) is 2. The molecule has 6 rings (SSSR count). The van der Waals surface area contributed by atoms with Gasteiger partial charge >= 0.3 is 0 Å². The number of rotatable bonds is 18. The van der Waals surface area contributed by atoms with E-state index in [-0.39, 0.29) is 54.4 Å². The molecule has 3 aromatic rings. The van der Waals surface area contributed by atoms with Crippen LogP contribution in [0.25, 0.3) is 0 Å². The maximum Gasteiger partial charge on any atom is 0.251 e. The molecule has 12 N–H and O–H groups in total. The number of hydrazine groups is 3. The molecular formula is C52H76N16O6S2. The number of hydrogen-bond acceptors (Lipinski definition) is 17. The fourth-order valence-corrected chi connectivity index (χ4v) is 10.6. The number of carbonyl (C=O) groups excluding carboxylic acids is 6. The van der Waals surface area contributed by atoms with Crippen LogP contribution in [0.3, 0.4) is 0 Å². The summed E-state index contributed by atoms with van der Waals surface area (Å²) in [7, 11) is 3.34. The van der Waals surface area contributed by atoms with Gasteiger partial charge in [0.05, 0.1) is 37.3 Å². The fraction of sp³-hybridized carbons (Fsp3) is 0.500. The number of carbonyl (C=O) groups is 6. The zero-order valence-corrected chi connectivity index (χ0v) is 46.7. The van der Waals surface area contributed by atoms with Gasteiger partial charge in [-0.1, -0.05) is 84.0 Å². The Morgan fingerprint density at radius 2 is 1.20 bits per heavy atom. The lowest BCUT2D eigenvalue weighted by Gasteiger charge is -2.37. The van der Waals surface area contributed by atoms with Crippen LogP contribution in [0.1, 0.15) is 88.9 Å². The second-order valence-corrected chi connectivity index (χ2v) is 23.5. The molecule has 2 fully saturated rings. The molecule has 3 heterocycles. The molecule has 0 radical (unpaired) electrons. The van der Waals surface area contributed by atoms with Crippen molar-refractivity contribution in [3.63, 3.8) is 0 Å². The van der Waals surface area contributed by atoms with Gasteiger partial charge in [0, 0.05) is 46.1 Å². The van der Waals surface area contributed by atoms with E-state index < -0.39 is 71.0 Å². The summed E-state index contributed by atoms with van der Waals surface area (Å²) in [5.74, 6) is 10.3. The third-order valence-electron chi connectivity index (χ3n) is 13.5. The van der Waals surface area contributed by atoms with Crippen LogP contribution < -0.4 is 54.7 Å². The van der Waals surface area contributed by atoms with Gasteiger partial charge in [-0.2, -0.15) is 5.10 Å². The van der Waals surface area contributed by atoms with E-state index in [9.17, 15) is 28.8 Å². The number of amides is 6. The van der Waals surface area contributed by atoms with Crippen LogP contribution in [-0.4, -0.2) is 154 Å². The Bertz CT molecular complexity index is 2580. The number of thioether (sulfide) groups is 2. The van der Waals surface area contributed by atoms with Gasteiger partial charge in [-0.3, -0.25) is 38.8 Å². The van der Waals surface area contributed by atoms with Gasteiger partial charge in [-0.15, -0.1) is 10.6 Å². The van der Waals surface area contributed by atoms with E-state index in [1.807, 2.05) is 107 Å². The Morgan fingerprint density at radius 1 is 0.724 bits per heavy atom. The molecule has 412 valence electrons. The maximum absolute atomic E-state index is 14.7. The van der Waals surface area contributed by atoms with E-state index in [4.69, 9.17) is 11.7 Å². The number of nitrogens with two attached hydrogens (primary N) is 2. The molecule has 8 atom stereocenters. The number of nitrogens with zero attached hydrogens (tertiary/aromatic N) is 6. The summed E-state index contributed by atoms with van der Waals surface area (Å²) in [6.07, 6.45) is 0.664. The van der Waals surface area contributed by atoms with Crippen LogP contribution in [0.5, 0.6) is 0 Å². The van der Waals surface area contributed by atoms with Crippen molar-refractivity contribution in [1.82, 2.24) is 62.8 Å². The minimum absolute atomic E-state index is 0.0975. The van der Waals surface area contributed by atoms with Crippen molar-refractivity contribution in [2.45, 2.75) is 126 Å². The minimum Gasteiger partial charge on any atom is -0.347 e. The maximum atomic E-state index is 14.7. The number of nitrogens with one attached hydrogen (secondary N) is 8. The number of amidine groups is 2. The molecule has 6 amide bonds. The topological polar surface area (TPSA) is 288 Å². The lowest BCUT2D eigenvalue weighted by atomic mass is 9.85. The highest BCUT2D eigenvalue weighted by atomic mass is 32.2. The van der Waals surface area contributed by atoms with E-state index in [1.54, 1.807) is 55.9 Å². The van der Waals surface area contributed by atoms with Crippen molar-refractivity contribution in [1.29, 1.82) is 0 Å². The second kappa shape index (κ2) is 26.1. The summed E-state index contributed by atoms with van der Waals surface area (Å²) in [6, 6.07) is 20.6. The van der Waals surface area contributed by atoms with E-state index in [2.05, 4.69) is 53.2 Å². The summed E-state index contributed by atoms with van der Waals surface area (Å²) < 4.78 is 0. The SMILES string of the molecule is CNC(C)C(=O)N[C@H](C(=O)N1CC(NC(=O)c2cccc(C(=O)N[C@H]3C[C@@H](CN(N)/C(=N\N)Sc4ccccc4)N(C(=O)C(NC(=O)[C@H](C)NC)C(C)(C)C)C3)c2)CC1CN1NNN=C1Sc1ccccc1)C(C)(C)C. The van der Waals surface area contributed by atoms with Crippen molar-refractivity contribution in [2.24, 2.45) is 32.7 Å². The van der Waals surface area contributed by atoms with Gasteiger partial charge in [0.25, 0.3) is 11.8 Å². The first-order valence-electron chi connectivity index (χ1n) is 25.4. The monoisotopic (exact) mass is 1080 g/mol. The van der Waals surface area contributed by atoms with Gasteiger partial charge in [0.2, 0.25) is 34.0 Å². The van der Waals surface area contributed by atoms with Crippen LogP contribution in [0.2, 0.25) is 0 Å². The molecule has 4 unspecified atom stereocenters. The first kappa shape index (κ1) is 58.8. The van der Waals surface area contributed by atoms with E-state index in [1.165, 1.54) is 34.6 Å². The van der Waals surface area contributed by atoms with Gasteiger partial charge in [-0.25, -0.2) is 11.4 Å². The average Bonchev–Trinajstić information content (AvgIpc) is 4.13. The van der Waals surface area contributed by atoms with Crippen LogP contribution in [-0.2, 0) is 19.2 Å². The number of hydrogen-bond donors (Lipinski definition) is 10. The predicted molar refractivity (Wildman–Crippen MR) is 297 cm³/mol. The quantitative estimate of drug-likeness (QED) is 0.0287. The van der Waals surface area contributed by atoms with E-state index in [0.29, 0.717) is 29.7 Å². The first-order valence-corrected chi connectivity index (χ1v) is 27.0. The van der Waals surface area contributed by atoms with Gasteiger partial charge in [0.15, 0.2) is 0 Å². The molecule has 0 spiro atoms. The number of likely N-dealkylation sites (N-methyl/N-ethyl adjacent to an activating group) is 2. The minimum atomic E-state index is -0.928. The van der Waals surface area contributed by atoms with Crippen molar-refractivity contribution in [3.05, 3.63) is 96.1 Å². The van der Waals surface area contributed by atoms with Crippen molar-refractivity contribution >= 4 is 69.3 Å². The first-order chi connectivity index (χ1) is 36.0. The van der Waals surface area contributed by atoms with Crippen molar-refractivity contribution < 1.29 is 28.8 Å². The van der Waals surface area contributed by atoms with Crippen molar-refractivity contribution in [3.8, 4) is 0 Å². The second-order valence-electron chi connectivity index (χ2n) is 21.4. The summed E-state index contributed by atoms with van der Waals surface area (Å²) in [5, 5.41) is 30.5. The number of hydrazone groups is 2. The molecule has 3 aromatic carbocycles. The Labute approximate surface area is 454 Å². The highest BCUT2D eigenvalue weighted by molar-refractivity contribution is 8.14. The van der Waals surface area contributed by atoms with Crippen LogP contribution in [0, 0.1) is 10.8 Å². The van der Waals surface area contributed by atoms with E-state index in [0.717, 1.165) is 9.79 Å². The summed E-state index contributed by atoms with van der Waals surface area (Å²) in [5.41, 5.74) is 4.96. The molecule has 24 heteroatoms. The van der Waals surface area contributed by atoms with Gasteiger partial charge in [-0.05, 0) is 118 Å². The van der Waals surface area contributed by atoms with E-state index >= 15 is 0 Å². The summed E-state index contributed by atoms with van der Waals surface area (Å²) in [6.45, 7) is 15.4. The van der Waals surface area contributed by atoms with Gasteiger partial charge in [0.1, 0.15) is 12.1 Å². The molecule has 0 saturated carbocycles. The molecule has 0 aromatic heterocycles. The largest absolute Gasteiger partial charge is 0.347 e. The molecule has 3 aliphatic heterocycles. The summed E-state index contributed by atoms with van der Waals surface area (Å²) >= 11 is 2.70. The summed E-state index contributed by atoms with van der Waals surface area (Å²) in [4.78, 5) is 89.5. The Kier molecular flexibility index (Phi) is 20.2. The zero-order chi connectivity index (χ0) is 55.5. The molecule has 3 aliphatic rings. The Hall–Kier alpha value is -6.44. The standard InChI is InChI=1S/C52H76N16O6S2/c1-31(55-9)43(69)59-41(51(3,4)5)47(73)65-27-35(25-37(65)29-67(54)49(61-53)75-39-20-13-11-14-21-39)57-45(71)33-18-17-19-34(24-33)46(72)58-36-26-38(30-68-50(62-63-64-68)76-40-22-15-12-16-23-40)66(28-36)48(74)42(52(6,7)8)60-44(70)32(2)56-10/h11-24,31-32,35-38,41-42,55-56,63-64H,25-30,53-54H2,1-10H3,(H,57,71)(H,58,72)(H,59,69)(H,60,70)/b61-49+/t31-,32?,35-,36?,37-,38?,41?,42+/m0/s1. The lowest BCUT2D eigenvalue weighted by molar-refractivity contribution is -0.141. The van der Waals surface area contributed by atoms with Crippen LogP contribution >= 0.6 is 23.5 Å². The predicted octanol–water partition coefficient (Wildman–Crippen LogP) is 1.95. The highest BCUT2D eigenvalue weighted by Crippen LogP contribution is 2.31. The normalized spacial score (nSPS) is 20.4. The molecule has 2 saturated heterocycles. The fourth-order valence-electron chi connectivity index (χ4n) is 9.00. The van der Waals surface area contributed by atoms with Crippen molar-refractivity contribution in [2.75, 3.05) is 40.3 Å². The Balaban J connectivity index is 1.19. The average molecular weight is 1090 g/mol. The molecule has 22 nitrogen and oxygen atoms in total. The molecular weight excluding hydrogens is 1010 g/mol. The van der Waals surface area contributed by atoms with Gasteiger partial charge < -0.3 is 47.5 Å². The Morgan fingerprint density at radius 3 is 1.67 bits per heavy atom. The zero-order valence-electron chi connectivity index (χ0n) is 45.0. The third kappa shape index (κ3) is 15.4. The third-order valence-corrected chi connectivity index (χ3v) is 15.6. The smallest absolute Gasteiger partial charge is 0.251 e. The molecule has 0 aliphatic carbocycles. The van der Waals surface area contributed by atoms with Crippen LogP contribution in [0.4, 0.5) is 0 Å². The lowest BCUT2D eigenvalue weighted by Crippen LogP contribution is -2.59. The molecule has 0 bridgehead atoms. The number of benzene rings is 3. The van der Waals surface area contributed by atoms with Crippen LogP contribution in [0.15, 0.2) is 105 Å².